The number of thioether (sulfide) groups is 1. The molecule has 0 spiro atoms. The number of fused-ring (bicyclic) bond motifs is 1. The lowest BCUT2D eigenvalue weighted by Crippen LogP contribution is -2.38. The van der Waals surface area contributed by atoms with E-state index in [4.69, 9.17) is 0 Å². The van der Waals surface area contributed by atoms with Gasteiger partial charge in [-0.2, -0.15) is 0 Å². The Morgan fingerprint density at radius 1 is 1.04 bits per heavy atom. The number of rotatable bonds is 3. The summed E-state index contributed by atoms with van der Waals surface area (Å²) in [6.45, 7) is 0. The third kappa shape index (κ3) is 2.61. The van der Waals surface area contributed by atoms with Gasteiger partial charge in [-0.1, -0.05) is 72.4 Å². The second kappa shape index (κ2) is 5.89. The molecule has 1 aliphatic rings. The van der Waals surface area contributed by atoms with Crippen LogP contribution in [-0.4, -0.2) is 25.9 Å². The van der Waals surface area contributed by atoms with E-state index in [-0.39, 0.29) is 17.1 Å². The molecule has 6 heteroatoms. The smallest absolute Gasteiger partial charge is 0.210 e. The van der Waals surface area contributed by atoms with Crippen LogP contribution in [-0.2, 0) is 0 Å². The maximum Gasteiger partial charge on any atom is 0.210 e. The van der Waals surface area contributed by atoms with Gasteiger partial charge in [0, 0.05) is 5.56 Å². The first-order valence-electron chi connectivity index (χ1n) is 7.30. The summed E-state index contributed by atoms with van der Waals surface area (Å²) in [7, 11) is 0. The number of benzene rings is 2. The molecule has 0 unspecified atom stereocenters. The first kappa shape index (κ1) is 14.0. The minimum absolute atomic E-state index is 0.0891. The summed E-state index contributed by atoms with van der Waals surface area (Å²) >= 11 is 1.45. The predicted molar refractivity (Wildman–Crippen MR) is 89.0 cm³/mol. The molecule has 2 aromatic carbocycles. The number of hydrogen-bond donors (Lipinski definition) is 1. The number of ketones is 1. The highest BCUT2D eigenvalue weighted by atomic mass is 32.2. The van der Waals surface area contributed by atoms with Gasteiger partial charge in [0.1, 0.15) is 11.6 Å². The molecule has 0 radical (unpaired) electrons. The van der Waals surface area contributed by atoms with Gasteiger partial charge in [0.25, 0.3) is 0 Å². The van der Waals surface area contributed by atoms with E-state index in [1.807, 2.05) is 60.7 Å². The normalized spacial score (nSPS) is 19.7. The topological polar surface area (TPSA) is 59.8 Å². The summed E-state index contributed by atoms with van der Waals surface area (Å²) in [5.74, 6) is 0.0891. The molecule has 4 rings (SSSR count). The van der Waals surface area contributed by atoms with Gasteiger partial charge in [0.2, 0.25) is 5.16 Å². The Morgan fingerprint density at radius 2 is 1.74 bits per heavy atom. The molecule has 0 saturated carbocycles. The monoisotopic (exact) mass is 322 g/mol. The van der Waals surface area contributed by atoms with Crippen LogP contribution in [0.2, 0.25) is 0 Å². The molecule has 2 atom stereocenters. The Balaban J connectivity index is 1.74. The average molecular weight is 322 g/mol. The molecular weight excluding hydrogens is 308 g/mol. The Kier molecular flexibility index (Phi) is 3.59. The molecule has 1 aromatic heterocycles. The van der Waals surface area contributed by atoms with Gasteiger partial charge in [0.05, 0.1) is 6.04 Å². The molecule has 23 heavy (non-hydrogen) atoms. The number of Topliss-reactive ketones (excluding diaryl/α,β-unsaturated/α-hetero) is 1. The highest BCUT2D eigenvalue weighted by Crippen LogP contribution is 2.37. The van der Waals surface area contributed by atoms with E-state index in [9.17, 15) is 4.79 Å². The standard InChI is InChI=1S/C17H14N4OS/c22-15(13-9-5-2-6-10-13)16-14(12-7-3-1-4-8-12)20-21-11-18-19-17(21)23-16/h1-11,14,16,20H/t14-,16-/m0/s1. The van der Waals surface area contributed by atoms with Crippen molar-refractivity contribution in [1.82, 2.24) is 14.9 Å². The molecular formula is C17H14N4OS. The zero-order chi connectivity index (χ0) is 15.6. The fraction of sp³-hybridized carbons (Fsp3) is 0.118. The predicted octanol–water partition coefficient (Wildman–Crippen LogP) is 2.92. The van der Waals surface area contributed by atoms with E-state index in [1.165, 1.54) is 11.8 Å². The summed E-state index contributed by atoms with van der Waals surface area (Å²) in [6.07, 6.45) is 1.63. The van der Waals surface area contributed by atoms with Crippen LogP contribution in [0, 0.1) is 0 Å². The molecule has 0 amide bonds. The van der Waals surface area contributed by atoms with Crippen molar-refractivity contribution in [3.8, 4) is 0 Å². The molecule has 114 valence electrons. The lowest BCUT2D eigenvalue weighted by Gasteiger charge is -2.32. The molecule has 3 aromatic rings. The highest BCUT2D eigenvalue weighted by molar-refractivity contribution is 8.00. The van der Waals surface area contributed by atoms with E-state index in [2.05, 4.69) is 15.6 Å². The Labute approximate surface area is 137 Å². The van der Waals surface area contributed by atoms with Crippen LogP contribution < -0.4 is 5.43 Å². The fourth-order valence-electron chi connectivity index (χ4n) is 2.67. The molecule has 1 aliphatic heterocycles. The number of hydrogen-bond acceptors (Lipinski definition) is 5. The quantitative estimate of drug-likeness (QED) is 0.751. The van der Waals surface area contributed by atoms with Gasteiger partial charge < -0.3 is 5.43 Å². The lowest BCUT2D eigenvalue weighted by atomic mass is 9.97. The average Bonchev–Trinajstić information content (AvgIpc) is 3.09. The molecule has 5 nitrogen and oxygen atoms in total. The van der Waals surface area contributed by atoms with Crippen molar-refractivity contribution in [2.75, 3.05) is 5.43 Å². The van der Waals surface area contributed by atoms with Crippen molar-refractivity contribution >= 4 is 17.5 Å². The van der Waals surface area contributed by atoms with E-state index < -0.39 is 0 Å². The zero-order valence-corrected chi connectivity index (χ0v) is 13.0. The van der Waals surface area contributed by atoms with Gasteiger partial charge in [-0.25, -0.2) is 4.68 Å². The molecule has 0 bridgehead atoms. The SMILES string of the molecule is O=C(c1ccccc1)[C@H]1Sc2nncn2N[C@H]1c1ccccc1. The van der Waals surface area contributed by atoms with Crippen LogP contribution in [0.5, 0.6) is 0 Å². The number of nitrogens with zero attached hydrogens (tertiary/aromatic N) is 3. The maximum absolute atomic E-state index is 13.0. The van der Waals surface area contributed by atoms with E-state index in [1.54, 1.807) is 11.0 Å². The minimum atomic E-state index is -0.295. The van der Waals surface area contributed by atoms with E-state index in [0.29, 0.717) is 10.7 Å². The third-order valence-corrected chi connectivity index (χ3v) is 5.03. The van der Waals surface area contributed by atoms with Crippen molar-refractivity contribution in [3.05, 3.63) is 78.1 Å². The second-order valence-electron chi connectivity index (χ2n) is 5.27. The summed E-state index contributed by atoms with van der Waals surface area (Å²) in [5, 5.41) is 8.39. The Bertz CT molecular complexity index is 819. The van der Waals surface area contributed by atoms with Crippen molar-refractivity contribution in [2.45, 2.75) is 16.4 Å². The molecule has 0 fully saturated rings. The van der Waals surface area contributed by atoms with Crippen molar-refractivity contribution < 1.29 is 4.79 Å². The lowest BCUT2D eigenvalue weighted by molar-refractivity contribution is 0.0980. The summed E-state index contributed by atoms with van der Waals surface area (Å²) in [6, 6.07) is 19.2. The number of aromatic nitrogens is 3. The zero-order valence-electron chi connectivity index (χ0n) is 12.2. The van der Waals surface area contributed by atoms with E-state index >= 15 is 0 Å². The van der Waals surface area contributed by atoms with Crippen molar-refractivity contribution in [1.29, 1.82) is 0 Å². The van der Waals surface area contributed by atoms with Gasteiger partial charge in [-0.3, -0.25) is 4.79 Å². The summed E-state index contributed by atoms with van der Waals surface area (Å²) in [5.41, 5.74) is 5.12. The van der Waals surface area contributed by atoms with Crippen LogP contribution >= 0.6 is 11.8 Å². The largest absolute Gasteiger partial charge is 0.313 e. The van der Waals surface area contributed by atoms with E-state index in [0.717, 1.165) is 5.56 Å². The van der Waals surface area contributed by atoms with Gasteiger partial charge in [-0.05, 0) is 5.56 Å². The molecule has 0 saturated heterocycles. The first-order chi connectivity index (χ1) is 11.3. The van der Waals surface area contributed by atoms with Crippen LogP contribution in [0.3, 0.4) is 0 Å². The highest BCUT2D eigenvalue weighted by Gasteiger charge is 2.36. The molecule has 0 aliphatic carbocycles. The van der Waals surface area contributed by atoms with Crippen LogP contribution in [0.4, 0.5) is 0 Å². The van der Waals surface area contributed by atoms with Gasteiger partial charge in [0.15, 0.2) is 5.78 Å². The number of nitrogens with one attached hydrogen (secondary N) is 1. The Morgan fingerprint density at radius 3 is 2.48 bits per heavy atom. The van der Waals surface area contributed by atoms with Gasteiger partial charge in [-0.15, -0.1) is 10.2 Å². The van der Waals surface area contributed by atoms with Crippen LogP contribution in [0.25, 0.3) is 0 Å². The van der Waals surface area contributed by atoms with Gasteiger partial charge >= 0.3 is 0 Å². The van der Waals surface area contributed by atoms with Crippen LogP contribution in [0.1, 0.15) is 22.0 Å². The minimum Gasteiger partial charge on any atom is -0.313 e. The van der Waals surface area contributed by atoms with Crippen LogP contribution in [0.15, 0.2) is 72.1 Å². The summed E-state index contributed by atoms with van der Waals surface area (Å²) in [4.78, 5) is 13.0. The molecule has 2 heterocycles. The number of carbonyl (C=O) groups excluding carboxylic acids is 1. The maximum atomic E-state index is 13.0. The van der Waals surface area contributed by atoms with Crippen molar-refractivity contribution in [3.63, 3.8) is 0 Å². The summed E-state index contributed by atoms with van der Waals surface area (Å²) < 4.78 is 1.77. The second-order valence-corrected chi connectivity index (χ2v) is 6.38. The first-order valence-corrected chi connectivity index (χ1v) is 8.18. The fourth-order valence-corrected chi connectivity index (χ4v) is 3.81. The molecule has 1 N–H and O–H groups in total. The third-order valence-electron chi connectivity index (χ3n) is 3.81. The van der Waals surface area contributed by atoms with Crippen molar-refractivity contribution in [2.24, 2.45) is 0 Å². The Hall–Kier alpha value is -2.60. The number of carbonyl (C=O) groups is 1.